The average molecular weight is 575 g/mol. The molecule has 228 valence electrons. The van der Waals surface area contributed by atoms with Gasteiger partial charge in [0, 0.05) is 14.2 Å². The molecule has 6 unspecified atom stereocenters. The molecule has 0 saturated carbocycles. The van der Waals surface area contributed by atoms with Gasteiger partial charge in [-0.3, -0.25) is 0 Å². The summed E-state index contributed by atoms with van der Waals surface area (Å²) in [4.78, 5) is 0. The van der Waals surface area contributed by atoms with Gasteiger partial charge in [-0.25, -0.2) is 0 Å². The van der Waals surface area contributed by atoms with Crippen LogP contribution >= 0.6 is 0 Å². The Hall–Kier alpha value is -0.680. The Morgan fingerprint density at radius 1 is 0.436 bits per heavy atom. The molecule has 4 aliphatic rings. The van der Waals surface area contributed by atoms with Crippen LogP contribution in [-0.2, 0) is 42.6 Å². The molecule has 4 aliphatic heterocycles. The van der Waals surface area contributed by atoms with Crippen LogP contribution in [0, 0.1) is 0 Å². The monoisotopic (exact) mass is 574 g/mol. The van der Waals surface area contributed by atoms with Crippen molar-refractivity contribution in [3.63, 3.8) is 0 Å². The molecule has 8 N–H and O–H groups in total. The highest BCUT2D eigenvalue weighted by atomic mass is 16.8. The van der Waals surface area contributed by atoms with Crippen molar-refractivity contribution in [3.05, 3.63) is 0 Å². The maximum absolute atomic E-state index is 10.8. The van der Waals surface area contributed by atoms with Crippen LogP contribution in [0.5, 0.6) is 0 Å². The number of methoxy groups -OCH3 is 2. The normalized spacial score (nSPS) is 51.5. The van der Waals surface area contributed by atoms with E-state index in [-0.39, 0.29) is 26.4 Å². The number of hydrogen-bond acceptors (Lipinski definition) is 17. The van der Waals surface area contributed by atoms with Gasteiger partial charge in [-0.2, -0.15) is 0 Å². The summed E-state index contributed by atoms with van der Waals surface area (Å²) in [5.41, 5.74) is 0. The fourth-order valence-electron chi connectivity index (χ4n) is 4.76. The third-order valence-corrected chi connectivity index (χ3v) is 7.17. The molecule has 4 heterocycles. The molecule has 17 nitrogen and oxygen atoms in total. The molecule has 0 amide bonds. The minimum Gasteiger partial charge on any atom is -0.388 e. The second-order valence-corrected chi connectivity index (χ2v) is 9.77. The number of aliphatic hydroxyl groups excluding tert-OH is 8. The maximum atomic E-state index is 10.8. The van der Waals surface area contributed by atoms with Gasteiger partial charge in [0.25, 0.3) is 0 Å². The molecule has 4 saturated heterocycles. The van der Waals surface area contributed by atoms with Crippen molar-refractivity contribution in [3.8, 4) is 0 Å². The van der Waals surface area contributed by atoms with E-state index in [2.05, 4.69) is 0 Å². The Morgan fingerprint density at radius 3 is 1.38 bits per heavy atom. The standard InChI is InChI=1S/C22H38O17/c1-31-8-4-35-20(15(28)11(8)24)37-10-6-36-21(16(29)13(10)26)39-18-7(23)3-33-22(17(18)30)38-9-5-34-19(32-2)14(27)12(9)25/h7-30H,3-6H2,1-2H3/t7-,8-,9-,10-,11?,12?,13+,14?,15?,16?,17?,18+,19-,20+,21+,22+/m1/s1. The summed E-state index contributed by atoms with van der Waals surface area (Å²) in [6, 6.07) is 0. The number of rotatable bonds is 8. The maximum Gasteiger partial charge on any atom is 0.186 e. The topological polar surface area (TPSA) is 245 Å². The van der Waals surface area contributed by atoms with Crippen LogP contribution in [0.25, 0.3) is 0 Å². The van der Waals surface area contributed by atoms with Crippen molar-refractivity contribution in [1.29, 1.82) is 0 Å². The smallest absolute Gasteiger partial charge is 0.186 e. The van der Waals surface area contributed by atoms with E-state index >= 15 is 0 Å². The van der Waals surface area contributed by atoms with Crippen LogP contribution in [0.3, 0.4) is 0 Å². The molecule has 4 rings (SSSR count). The second-order valence-electron chi connectivity index (χ2n) is 9.77. The van der Waals surface area contributed by atoms with Crippen LogP contribution in [0.1, 0.15) is 0 Å². The summed E-state index contributed by atoms with van der Waals surface area (Å²) in [7, 11) is 2.64. The van der Waals surface area contributed by atoms with E-state index in [4.69, 9.17) is 42.6 Å². The minimum absolute atomic E-state index is 0.0872. The van der Waals surface area contributed by atoms with Gasteiger partial charge in [0.1, 0.15) is 73.2 Å². The van der Waals surface area contributed by atoms with Gasteiger partial charge < -0.3 is 83.5 Å². The van der Waals surface area contributed by atoms with Crippen molar-refractivity contribution in [1.82, 2.24) is 0 Å². The van der Waals surface area contributed by atoms with E-state index in [1.807, 2.05) is 0 Å². The first-order chi connectivity index (χ1) is 18.6. The van der Waals surface area contributed by atoms with Gasteiger partial charge in [0.15, 0.2) is 25.2 Å². The third-order valence-electron chi connectivity index (χ3n) is 7.17. The largest absolute Gasteiger partial charge is 0.388 e. The highest BCUT2D eigenvalue weighted by molar-refractivity contribution is 4.92. The predicted molar refractivity (Wildman–Crippen MR) is 119 cm³/mol. The first kappa shape index (κ1) is 31.3. The summed E-state index contributed by atoms with van der Waals surface area (Å²) in [6.07, 6.45) is -21.9. The molecule has 0 aromatic heterocycles. The molecule has 39 heavy (non-hydrogen) atoms. The van der Waals surface area contributed by atoms with Gasteiger partial charge in [0.2, 0.25) is 0 Å². The molecule has 0 aromatic carbocycles. The molecule has 17 heteroatoms. The summed E-state index contributed by atoms with van der Waals surface area (Å²) < 4.78 is 48.0. The molecule has 0 aromatic rings. The lowest BCUT2D eigenvalue weighted by molar-refractivity contribution is -0.361. The van der Waals surface area contributed by atoms with E-state index < -0.39 is 98.4 Å². The van der Waals surface area contributed by atoms with Crippen molar-refractivity contribution in [2.75, 3.05) is 40.6 Å². The Morgan fingerprint density at radius 2 is 0.846 bits per heavy atom. The van der Waals surface area contributed by atoms with Gasteiger partial charge >= 0.3 is 0 Å². The van der Waals surface area contributed by atoms with E-state index in [0.29, 0.717) is 0 Å². The lowest BCUT2D eigenvalue weighted by Crippen LogP contribution is -2.63. The molecule has 16 atom stereocenters. The van der Waals surface area contributed by atoms with Crippen LogP contribution in [0.4, 0.5) is 0 Å². The highest BCUT2D eigenvalue weighted by Gasteiger charge is 2.50. The molecule has 0 bridgehead atoms. The van der Waals surface area contributed by atoms with Gasteiger partial charge in [-0.1, -0.05) is 0 Å². The summed E-state index contributed by atoms with van der Waals surface area (Å²) in [6.45, 7) is -0.995. The zero-order chi connectivity index (χ0) is 28.4. The Bertz CT molecular complexity index is 762. The number of hydrogen-bond donors (Lipinski definition) is 8. The van der Waals surface area contributed by atoms with Crippen molar-refractivity contribution < 1.29 is 83.5 Å². The van der Waals surface area contributed by atoms with Gasteiger partial charge in [0.05, 0.1) is 26.4 Å². The molecule has 0 radical (unpaired) electrons. The molecule has 0 spiro atoms. The van der Waals surface area contributed by atoms with Crippen LogP contribution in [0.15, 0.2) is 0 Å². The van der Waals surface area contributed by atoms with E-state index in [9.17, 15) is 40.9 Å². The van der Waals surface area contributed by atoms with Crippen LogP contribution < -0.4 is 0 Å². The van der Waals surface area contributed by atoms with Gasteiger partial charge in [-0.05, 0) is 0 Å². The zero-order valence-electron chi connectivity index (χ0n) is 21.3. The van der Waals surface area contributed by atoms with Crippen LogP contribution in [0.2, 0.25) is 0 Å². The SMILES string of the molecule is CO[C@@H]1OC[C@@H](O[C@@H]2OC[C@@H](O)[C@H](O[C@@H]3OC[C@@H](O[C@@H]4OC[C@@H](OC)C(O)C4O)[C@H](O)C3O)C2O)C(O)C1O. The highest BCUT2D eigenvalue weighted by Crippen LogP contribution is 2.29. The zero-order valence-corrected chi connectivity index (χ0v) is 21.3. The molecular formula is C22H38O17. The summed E-state index contributed by atoms with van der Waals surface area (Å²) in [5, 5.41) is 83.1. The predicted octanol–water partition coefficient (Wildman–Crippen LogP) is -5.88. The fraction of sp³-hybridized carbons (Fsp3) is 1.00. The molecule has 0 aliphatic carbocycles. The first-order valence-corrected chi connectivity index (χ1v) is 12.5. The Balaban J connectivity index is 1.32. The molecule has 4 fully saturated rings. The van der Waals surface area contributed by atoms with Crippen molar-refractivity contribution >= 4 is 0 Å². The Kier molecular flexibility index (Phi) is 10.8. The third kappa shape index (κ3) is 6.71. The average Bonchev–Trinajstić information content (AvgIpc) is 2.92. The van der Waals surface area contributed by atoms with Crippen molar-refractivity contribution in [2.45, 2.75) is 98.4 Å². The second kappa shape index (κ2) is 13.5. The van der Waals surface area contributed by atoms with Gasteiger partial charge in [-0.15, -0.1) is 0 Å². The lowest BCUT2D eigenvalue weighted by Gasteiger charge is -2.45. The molecular weight excluding hydrogens is 536 g/mol. The number of ether oxygens (including phenoxy) is 9. The van der Waals surface area contributed by atoms with Crippen LogP contribution in [-0.4, -0.2) is 180 Å². The van der Waals surface area contributed by atoms with Crippen molar-refractivity contribution in [2.24, 2.45) is 0 Å². The first-order valence-electron chi connectivity index (χ1n) is 12.5. The van der Waals surface area contributed by atoms with E-state index in [1.165, 1.54) is 14.2 Å². The van der Waals surface area contributed by atoms with E-state index in [1.54, 1.807) is 0 Å². The number of aliphatic hydroxyl groups is 8. The van der Waals surface area contributed by atoms with E-state index in [0.717, 1.165) is 0 Å². The lowest BCUT2D eigenvalue weighted by atomic mass is 10.0. The fourth-order valence-corrected chi connectivity index (χ4v) is 4.76. The Labute approximate surface area is 223 Å². The quantitative estimate of drug-likeness (QED) is 0.134. The minimum atomic E-state index is -1.72. The summed E-state index contributed by atoms with van der Waals surface area (Å²) in [5.74, 6) is 0. The summed E-state index contributed by atoms with van der Waals surface area (Å²) >= 11 is 0.